The average molecular weight is 483 g/mol. The van der Waals surface area contributed by atoms with Gasteiger partial charge in [0.1, 0.15) is 0 Å². The molecule has 7 heteroatoms. The van der Waals surface area contributed by atoms with Crippen molar-refractivity contribution in [3.63, 3.8) is 0 Å². The molecular weight excluding hydrogens is 449 g/mol. The molecule has 0 bridgehead atoms. The van der Waals surface area contributed by atoms with E-state index in [0.717, 1.165) is 51.5 Å². The number of ether oxygens (including phenoxy) is 2. The van der Waals surface area contributed by atoms with Gasteiger partial charge in [0.25, 0.3) is 0 Å². The first-order valence-electron chi connectivity index (χ1n) is 8.87. The Kier molecular flexibility index (Phi) is 16.8. The van der Waals surface area contributed by atoms with Gasteiger partial charge in [0, 0.05) is 38.2 Å². The highest BCUT2D eigenvalue weighted by Crippen LogP contribution is 2.14. The Balaban J connectivity index is 0.00000576. The molecule has 0 aliphatic heterocycles. The van der Waals surface area contributed by atoms with Gasteiger partial charge in [0.2, 0.25) is 0 Å². The smallest absolute Gasteiger partial charge is 0.191 e. The number of hydrogen-bond acceptors (Lipinski definition) is 4. The van der Waals surface area contributed by atoms with E-state index in [9.17, 15) is 0 Å². The number of unbranched alkanes of at least 4 members (excludes halogenated alkanes) is 1. The molecule has 146 valence electrons. The molecule has 1 aromatic rings. The summed E-state index contributed by atoms with van der Waals surface area (Å²) in [6.07, 6.45) is 3.21. The molecule has 0 saturated heterocycles. The van der Waals surface area contributed by atoms with Crippen LogP contribution >= 0.6 is 35.3 Å². The Bertz CT molecular complexity index is 430. The number of aliphatic imine (C=N–C) groups is 1. The summed E-state index contributed by atoms with van der Waals surface area (Å²) in [5, 5.41) is 8.84. The molecule has 0 aliphatic carbocycles. The number of rotatable bonds is 13. The predicted molar refractivity (Wildman–Crippen MR) is 119 cm³/mol. The van der Waals surface area contributed by atoms with Crippen molar-refractivity contribution in [2.45, 2.75) is 33.1 Å². The van der Waals surface area contributed by atoms with Crippen molar-refractivity contribution < 1.29 is 9.47 Å². The first-order valence-corrected chi connectivity index (χ1v) is 9.75. The summed E-state index contributed by atoms with van der Waals surface area (Å²) in [7, 11) is 1.69. The summed E-state index contributed by atoms with van der Waals surface area (Å²) in [5.41, 5.74) is 0. The van der Waals surface area contributed by atoms with Gasteiger partial charge in [0.05, 0.1) is 13.2 Å². The van der Waals surface area contributed by atoms with Gasteiger partial charge < -0.3 is 20.1 Å². The van der Waals surface area contributed by atoms with Crippen molar-refractivity contribution in [1.82, 2.24) is 10.6 Å². The Morgan fingerprint density at radius 3 is 2.76 bits per heavy atom. The first kappa shape index (κ1) is 24.6. The Morgan fingerprint density at radius 2 is 2.08 bits per heavy atom. The van der Waals surface area contributed by atoms with Gasteiger partial charge in [-0.2, -0.15) is 0 Å². The van der Waals surface area contributed by atoms with Gasteiger partial charge in [-0.1, -0.05) is 13.0 Å². The molecule has 2 N–H and O–H groups in total. The van der Waals surface area contributed by atoms with Crippen LogP contribution in [0.1, 0.15) is 31.6 Å². The van der Waals surface area contributed by atoms with Crippen molar-refractivity contribution in [3.05, 3.63) is 22.4 Å². The molecule has 5 nitrogen and oxygen atoms in total. The van der Waals surface area contributed by atoms with Crippen LogP contribution in [0.4, 0.5) is 0 Å². The summed E-state index contributed by atoms with van der Waals surface area (Å²) in [5.74, 6) is 1.46. The summed E-state index contributed by atoms with van der Waals surface area (Å²) < 4.78 is 10.4. The van der Waals surface area contributed by atoms with Crippen molar-refractivity contribution >= 4 is 41.3 Å². The van der Waals surface area contributed by atoms with Crippen LogP contribution in [-0.4, -0.2) is 52.5 Å². The lowest BCUT2D eigenvalue weighted by Crippen LogP contribution is -2.38. The summed E-state index contributed by atoms with van der Waals surface area (Å²) in [4.78, 5) is 6.14. The molecule has 1 unspecified atom stereocenters. The topological polar surface area (TPSA) is 54.9 Å². The number of hydrogen-bond donors (Lipinski definition) is 2. The molecule has 1 atom stereocenters. The molecule has 0 amide bonds. The van der Waals surface area contributed by atoms with Crippen LogP contribution in [0, 0.1) is 5.92 Å². The number of guanidine groups is 1. The van der Waals surface area contributed by atoms with Crippen LogP contribution in [0.3, 0.4) is 0 Å². The first-order chi connectivity index (χ1) is 11.8. The summed E-state index contributed by atoms with van der Waals surface area (Å²) in [6.45, 7) is 9.11. The quantitative estimate of drug-likeness (QED) is 0.195. The number of methoxy groups -OCH3 is 1. The fourth-order valence-corrected chi connectivity index (χ4v) is 3.08. The van der Waals surface area contributed by atoms with E-state index >= 15 is 0 Å². The molecule has 0 aliphatic rings. The monoisotopic (exact) mass is 483 g/mol. The summed E-state index contributed by atoms with van der Waals surface area (Å²) in [6, 6.07) is 4.31. The van der Waals surface area contributed by atoms with E-state index in [1.54, 1.807) is 7.11 Å². The molecule has 0 radical (unpaired) electrons. The Hall–Kier alpha value is -0.380. The van der Waals surface area contributed by atoms with Crippen LogP contribution in [0.15, 0.2) is 22.5 Å². The van der Waals surface area contributed by atoms with E-state index < -0.39 is 0 Å². The van der Waals surface area contributed by atoms with Gasteiger partial charge in [-0.25, -0.2) is 0 Å². The standard InChI is InChI=1S/C18H33N3O2S.HI/c1-4-19-18(20-9-5-6-10-23-12-11-22-3)21-15-16(2)14-17-8-7-13-24-17;/h7-8,13,16H,4-6,9-12,14-15H2,1-3H3,(H2,19,20,21);1H. The fourth-order valence-electron chi connectivity index (χ4n) is 2.21. The third-order valence-corrected chi connectivity index (χ3v) is 4.37. The minimum atomic E-state index is 0. The Morgan fingerprint density at radius 1 is 1.24 bits per heavy atom. The van der Waals surface area contributed by atoms with E-state index in [0.29, 0.717) is 19.1 Å². The molecule has 0 aromatic carbocycles. The SMILES string of the molecule is CCNC(=NCC(C)Cc1cccs1)NCCCCOCCOC.I. The average Bonchev–Trinajstić information content (AvgIpc) is 3.07. The predicted octanol–water partition coefficient (Wildman–Crippen LogP) is 3.54. The lowest BCUT2D eigenvalue weighted by Gasteiger charge is -2.13. The molecule has 25 heavy (non-hydrogen) atoms. The lowest BCUT2D eigenvalue weighted by molar-refractivity contribution is 0.0689. The number of nitrogens with one attached hydrogen (secondary N) is 2. The highest BCUT2D eigenvalue weighted by atomic mass is 127. The van der Waals surface area contributed by atoms with Gasteiger partial charge in [-0.3, -0.25) is 4.99 Å². The van der Waals surface area contributed by atoms with E-state index in [2.05, 4.69) is 42.0 Å². The van der Waals surface area contributed by atoms with Crippen LogP contribution < -0.4 is 10.6 Å². The van der Waals surface area contributed by atoms with Crippen molar-refractivity contribution in [3.8, 4) is 0 Å². The minimum absolute atomic E-state index is 0. The van der Waals surface area contributed by atoms with Gasteiger partial charge in [0.15, 0.2) is 5.96 Å². The van der Waals surface area contributed by atoms with Crippen molar-refractivity contribution in [2.75, 3.05) is 46.6 Å². The maximum atomic E-state index is 5.46. The largest absolute Gasteiger partial charge is 0.382 e. The van der Waals surface area contributed by atoms with Crippen molar-refractivity contribution in [2.24, 2.45) is 10.9 Å². The maximum Gasteiger partial charge on any atom is 0.191 e. The lowest BCUT2D eigenvalue weighted by atomic mass is 10.1. The Labute approximate surface area is 174 Å². The van der Waals surface area contributed by atoms with E-state index in [-0.39, 0.29) is 24.0 Å². The van der Waals surface area contributed by atoms with Crippen molar-refractivity contribution in [1.29, 1.82) is 0 Å². The van der Waals surface area contributed by atoms with Crippen LogP contribution in [0.2, 0.25) is 0 Å². The molecule has 0 saturated carbocycles. The third kappa shape index (κ3) is 13.5. The van der Waals surface area contributed by atoms with E-state index in [1.807, 2.05) is 11.3 Å². The maximum absolute atomic E-state index is 5.46. The van der Waals surface area contributed by atoms with Gasteiger partial charge in [-0.15, -0.1) is 35.3 Å². The normalized spacial score (nSPS) is 12.5. The number of nitrogens with zero attached hydrogens (tertiary/aromatic N) is 1. The third-order valence-electron chi connectivity index (χ3n) is 3.47. The van der Waals surface area contributed by atoms with Gasteiger partial charge >= 0.3 is 0 Å². The zero-order valence-electron chi connectivity index (χ0n) is 15.8. The molecular formula is C18H34IN3O2S. The van der Waals surface area contributed by atoms with Gasteiger partial charge in [-0.05, 0) is 43.6 Å². The molecule has 0 fully saturated rings. The van der Waals surface area contributed by atoms with E-state index in [1.165, 1.54) is 4.88 Å². The number of thiophene rings is 1. The minimum Gasteiger partial charge on any atom is -0.382 e. The zero-order chi connectivity index (χ0) is 17.5. The zero-order valence-corrected chi connectivity index (χ0v) is 18.9. The summed E-state index contributed by atoms with van der Waals surface area (Å²) >= 11 is 1.82. The second kappa shape index (κ2) is 17.1. The molecule has 1 rings (SSSR count). The fraction of sp³-hybridized carbons (Fsp3) is 0.722. The molecule has 1 heterocycles. The second-order valence-corrected chi connectivity index (χ2v) is 6.88. The second-order valence-electron chi connectivity index (χ2n) is 5.85. The van der Waals surface area contributed by atoms with E-state index in [4.69, 9.17) is 14.5 Å². The number of halogens is 1. The molecule has 1 aromatic heterocycles. The highest BCUT2D eigenvalue weighted by Gasteiger charge is 2.05. The van der Waals surface area contributed by atoms with Crippen LogP contribution in [0.5, 0.6) is 0 Å². The van der Waals surface area contributed by atoms with Crippen LogP contribution in [-0.2, 0) is 15.9 Å². The molecule has 0 spiro atoms. The highest BCUT2D eigenvalue weighted by molar-refractivity contribution is 14.0. The van der Waals surface area contributed by atoms with Crippen LogP contribution in [0.25, 0.3) is 0 Å².